The summed E-state index contributed by atoms with van der Waals surface area (Å²) in [4.78, 5) is 39.1. The maximum atomic E-state index is 13.3. The molecule has 0 aliphatic rings. The summed E-state index contributed by atoms with van der Waals surface area (Å²) in [7, 11) is 1.06. The first-order valence-corrected chi connectivity index (χ1v) is 24.6. The van der Waals surface area contributed by atoms with Gasteiger partial charge in [-0.05, 0) is 103 Å². The van der Waals surface area contributed by atoms with Crippen LogP contribution in [0.15, 0.2) is 122 Å². The van der Waals surface area contributed by atoms with Crippen molar-refractivity contribution in [2.45, 2.75) is 137 Å². The first-order valence-electron chi connectivity index (χ1n) is 23.2. The van der Waals surface area contributed by atoms with Crippen molar-refractivity contribution in [1.82, 2.24) is 0 Å². The van der Waals surface area contributed by atoms with Gasteiger partial charge < -0.3 is 27.9 Å². The van der Waals surface area contributed by atoms with Crippen LogP contribution in [0.3, 0.4) is 0 Å². The van der Waals surface area contributed by atoms with Crippen LogP contribution < -0.4 is 4.89 Å². The van der Waals surface area contributed by atoms with E-state index in [4.69, 9.17) is 18.5 Å². The first kappa shape index (κ1) is 58.4. The van der Waals surface area contributed by atoms with E-state index in [1.807, 2.05) is 35.0 Å². The molecule has 62 heavy (non-hydrogen) atoms. The maximum Gasteiger partial charge on any atom is 0.309 e. The second kappa shape index (κ2) is 40.2. The minimum absolute atomic E-state index is 0.0620. The fourth-order valence-corrected chi connectivity index (χ4v) is 6.35. The summed E-state index contributed by atoms with van der Waals surface area (Å²) >= 11 is 0. The molecule has 0 rings (SSSR count). The molecule has 10 heteroatoms. The Labute approximate surface area is 378 Å². The molecule has 350 valence electrons. The zero-order valence-corrected chi connectivity index (χ0v) is 40.5. The van der Waals surface area contributed by atoms with Crippen LogP contribution in [0.25, 0.3) is 0 Å². The Morgan fingerprint density at radius 1 is 0.516 bits per heavy atom. The standard InChI is InChI=1S/C52H84NO8P/c1-8-12-14-16-18-20-22-24-26-28-30-32-34-36-38-40-42-48(10-3)51(54)58-46-50(47-60-62(56,57)59-45-44-53(5,6)7)61-52(55)49(11-4)43-41-39-37-35-33-31-29-27-25-23-21-19-17-15-13-9-2/h12-15,18-21,24-27,30-33,36-39,48-50H,8-11,16-17,22-23,28-29,34-35,40-47H2,1-7H3/b14-12-,15-13-,20-18-,21-19-,26-24-,27-25-,32-30-,33-31-,38-36-,39-37-/t48?,49?,50-/m1/s1. The van der Waals surface area contributed by atoms with Crippen LogP contribution in [0.1, 0.15) is 130 Å². The van der Waals surface area contributed by atoms with Crippen LogP contribution in [-0.2, 0) is 32.7 Å². The van der Waals surface area contributed by atoms with Crippen LogP contribution in [0, 0.1) is 11.8 Å². The van der Waals surface area contributed by atoms with Crippen molar-refractivity contribution >= 4 is 19.8 Å². The number of hydrogen-bond donors (Lipinski definition) is 0. The number of hydrogen-bond acceptors (Lipinski definition) is 8. The number of carbonyl (C=O) groups is 2. The molecule has 0 spiro atoms. The van der Waals surface area contributed by atoms with Crippen molar-refractivity contribution in [3.05, 3.63) is 122 Å². The molecule has 0 aromatic carbocycles. The van der Waals surface area contributed by atoms with Gasteiger partial charge in [-0.25, -0.2) is 0 Å². The van der Waals surface area contributed by atoms with Gasteiger partial charge in [0.2, 0.25) is 0 Å². The van der Waals surface area contributed by atoms with Crippen LogP contribution in [0.5, 0.6) is 0 Å². The van der Waals surface area contributed by atoms with Gasteiger partial charge in [0.05, 0.1) is 39.6 Å². The van der Waals surface area contributed by atoms with Gasteiger partial charge in [0.25, 0.3) is 7.82 Å². The van der Waals surface area contributed by atoms with Crippen LogP contribution in [-0.4, -0.2) is 70.0 Å². The molecule has 0 amide bonds. The van der Waals surface area contributed by atoms with Crippen molar-refractivity contribution in [2.75, 3.05) is 47.5 Å². The molecule has 0 fully saturated rings. The van der Waals surface area contributed by atoms with E-state index in [0.29, 0.717) is 49.6 Å². The van der Waals surface area contributed by atoms with E-state index in [-0.39, 0.29) is 19.1 Å². The van der Waals surface area contributed by atoms with Gasteiger partial charge in [-0.2, -0.15) is 0 Å². The Balaban J connectivity index is 5.06. The number of nitrogens with zero attached hydrogens (tertiary/aromatic N) is 1. The third-order valence-corrected chi connectivity index (χ3v) is 10.4. The lowest BCUT2D eigenvalue weighted by Crippen LogP contribution is -2.38. The zero-order chi connectivity index (χ0) is 46.0. The summed E-state index contributed by atoms with van der Waals surface area (Å²) in [5.74, 6) is -1.68. The van der Waals surface area contributed by atoms with Crippen LogP contribution in [0.4, 0.5) is 0 Å². The SMILES string of the molecule is CC/C=C\C/C=C\C/C=C\C/C=C\C/C=C\CCC(CC)C(=O)OC[C@H](COP(=O)([O-])OCC[N+](C)(C)C)OC(=O)C(CC)CC/C=C\C/C=C\C/C=C\C/C=C\C/C=C\CC. The van der Waals surface area contributed by atoms with Crippen molar-refractivity contribution in [1.29, 1.82) is 0 Å². The minimum atomic E-state index is -4.70. The molecule has 0 saturated heterocycles. The number of quaternary nitrogens is 1. The number of phosphoric acid groups is 1. The summed E-state index contributed by atoms with van der Waals surface area (Å²) in [5, 5.41) is 0. The van der Waals surface area contributed by atoms with Gasteiger partial charge in [0.15, 0.2) is 6.10 Å². The summed E-state index contributed by atoms with van der Waals surface area (Å²) < 4.78 is 34.7. The van der Waals surface area contributed by atoms with Gasteiger partial charge in [-0.1, -0.05) is 149 Å². The van der Waals surface area contributed by atoms with E-state index >= 15 is 0 Å². The molecule has 0 N–H and O–H groups in total. The summed E-state index contributed by atoms with van der Waals surface area (Å²) in [6.07, 6.45) is 54.9. The molecule has 0 aliphatic carbocycles. The average Bonchev–Trinajstić information content (AvgIpc) is 3.23. The van der Waals surface area contributed by atoms with Crippen molar-refractivity contribution in [3.63, 3.8) is 0 Å². The number of phosphoric ester groups is 1. The Hall–Kier alpha value is -3.59. The molecular formula is C52H84NO8P. The van der Waals surface area contributed by atoms with Gasteiger partial charge >= 0.3 is 11.9 Å². The maximum absolute atomic E-state index is 13.3. The molecule has 0 saturated carbocycles. The zero-order valence-electron chi connectivity index (χ0n) is 39.6. The lowest BCUT2D eigenvalue weighted by Gasteiger charge is -2.28. The monoisotopic (exact) mass is 882 g/mol. The van der Waals surface area contributed by atoms with Crippen LogP contribution >= 0.6 is 7.82 Å². The van der Waals surface area contributed by atoms with Gasteiger partial charge in [-0.15, -0.1) is 0 Å². The molecule has 0 heterocycles. The lowest BCUT2D eigenvalue weighted by molar-refractivity contribution is -0.870. The fraction of sp³-hybridized carbons (Fsp3) is 0.577. The number of carbonyl (C=O) groups excluding carboxylic acids is 2. The third-order valence-electron chi connectivity index (χ3n) is 9.46. The van der Waals surface area contributed by atoms with Crippen molar-refractivity contribution in [2.24, 2.45) is 11.8 Å². The number of ether oxygens (including phenoxy) is 2. The molecular weight excluding hydrogens is 798 g/mol. The highest BCUT2D eigenvalue weighted by molar-refractivity contribution is 7.45. The second-order valence-corrected chi connectivity index (χ2v) is 17.5. The third kappa shape index (κ3) is 38.1. The average molecular weight is 882 g/mol. The van der Waals surface area contributed by atoms with Crippen LogP contribution in [0.2, 0.25) is 0 Å². The van der Waals surface area contributed by atoms with E-state index in [1.165, 1.54) is 0 Å². The van der Waals surface area contributed by atoms with Gasteiger partial charge in [-0.3, -0.25) is 14.2 Å². The van der Waals surface area contributed by atoms with Gasteiger partial charge in [0, 0.05) is 0 Å². The molecule has 0 radical (unpaired) electrons. The summed E-state index contributed by atoms with van der Waals surface area (Å²) in [6.45, 7) is 7.64. The smallest absolute Gasteiger partial charge is 0.309 e. The van der Waals surface area contributed by atoms with E-state index in [1.54, 1.807) is 0 Å². The number of likely N-dealkylation sites (N-methyl/N-ethyl adjacent to an activating group) is 1. The lowest BCUT2D eigenvalue weighted by atomic mass is 10.00. The number of esters is 2. The highest BCUT2D eigenvalue weighted by Gasteiger charge is 2.26. The Morgan fingerprint density at radius 3 is 1.23 bits per heavy atom. The molecule has 0 aliphatic heterocycles. The molecule has 3 unspecified atom stereocenters. The molecule has 0 aromatic rings. The predicted octanol–water partition coefficient (Wildman–Crippen LogP) is 12.8. The summed E-state index contributed by atoms with van der Waals surface area (Å²) in [5.41, 5.74) is 0. The Kier molecular flexibility index (Phi) is 37.9. The van der Waals surface area contributed by atoms with Crippen molar-refractivity contribution < 1.29 is 42.1 Å². The normalized spacial score (nSPS) is 15.7. The quantitative estimate of drug-likeness (QED) is 0.0261. The predicted molar refractivity (Wildman–Crippen MR) is 258 cm³/mol. The van der Waals surface area contributed by atoms with Gasteiger partial charge in [0.1, 0.15) is 19.8 Å². The van der Waals surface area contributed by atoms with E-state index < -0.39 is 38.4 Å². The Morgan fingerprint density at radius 2 is 0.871 bits per heavy atom. The van der Waals surface area contributed by atoms with E-state index in [9.17, 15) is 19.0 Å². The van der Waals surface area contributed by atoms with E-state index in [0.717, 1.165) is 64.2 Å². The Bertz CT molecular complexity index is 1490. The molecule has 9 nitrogen and oxygen atoms in total. The second-order valence-electron chi connectivity index (χ2n) is 16.1. The topological polar surface area (TPSA) is 111 Å². The molecule has 4 atom stereocenters. The fourth-order valence-electron chi connectivity index (χ4n) is 5.62. The highest BCUT2D eigenvalue weighted by atomic mass is 31.2. The minimum Gasteiger partial charge on any atom is -0.756 e. The highest BCUT2D eigenvalue weighted by Crippen LogP contribution is 2.38. The largest absolute Gasteiger partial charge is 0.756 e. The number of rotatable bonds is 38. The number of allylic oxidation sites excluding steroid dienone is 20. The first-order chi connectivity index (χ1) is 29.9. The summed E-state index contributed by atoms with van der Waals surface area (Å²) in [6, 6.07) is 0. The van der Waals surface area contributed by atoms with E-state index in [2.05, 4.69) is 135 Å². The molecule has 0 aromatic heterocycles. The molecule has 0 bridgehead atoms. The van der Waals surface area contributed by atoms with Crippen molar-refractivity contribution in [3.8, 4) is 0 Å².